The van der Waals surface area contributed by atoms with E-state index in [0.29, 0.717) is 23.0 Å². The first kappa shape index (κ1) is 16.6. The highest BCUT2D eigenvalue weighted by Gasteiger charge is 2.15. The second kappa shape index (κ2) is 7.33. The van der Waals surface area contributed by atoms with E-state index in [4.69, 9.17) is 10.5 Å². The molecule has 4 nitrogen and oxygen atoms in total. The van der Waals surface area contributed by atoms with Crippen molar-refractivity contribution in [2.75, 3.05) is 38.8 Å². The summed E-state index contributed by atoms with van der Waals surface area (Å²) in [5.74, 6) is 0.670. The lowest BCUT2D eigenvalue weighted by atomic mass is 10.0. The number of likely N-dealkylation sites (N-methyl/N-ethyl adjacent to an activating group) is 1. The Bertz CT molecular complexity index is 425. The topological polar surface area (TPSA) is 50.5 Å². The number of anilines is 2. The quantitative estimate of drug-likeness (QED) is 0.756. The van der Waals surface area contributed by atoms with Gasteiger partial charge in [-0.2, -0.15) is 0 Å². The lowest BCUT2D eigenvalue weighted by Gasteiger charge is -2.25. The minimum atomic E-state index is -0.351. The number of hydrogen-bond acceptors (Lipinski definition) is 4. The molecular weight excluding hydrogens is 257 g/mol. The Labute approximate surface area is 121 Å². The maximum absolute atomic E-state index is 14.0. The number of ether oxygens (including phenoxy) is 1. The molecule has 0 amide bonds. The van der Waals surface area contributed by atoms with Crippen LogP contribution in [0.3, 0.4) is 0 Å². The summed E-state index contributed by atoms with van der Waals surface area (Å²) in [5.41, 5.74) is 6.43. The Hall–Kier alpha value is -1.49. The molecule has 0 spiro atoms. The first-order chi connectivity index (χ1) is 9.33. The highest BCUT2D eigenvalue weighted by atomic mass is 19.1. The van der Waals surface area contributed by atoms with Crippen LogP contribution in [0.5, 0.6) is 5.75 Å². The van der Waals surface area contributed by atoms with Gasteiger partial charge in [0.15, 0.2) is 0 Å². The monoisotopic (exact) mass is 283 g/mol. The molecule has 1 rings (SSSR count). The molecule has 20 heavy (non-hydrogen) atoms. The van der Waals surface area contributed by atoms with Crippen LogP contribution in [-0.2, 0) is 0 Å². The van der Waals surface area contributed by atoms with Crippen molar-refractivity contribution in [3.8, 4) is 5.75 Å². The summed E-state index contributed by atoms with van der Waals surface area (Å²) in [6, 6.07) is 3.09. The van der Waals surface area contributed by atoms with Gasteiger partial charge in [-0.3, -0.25) is 0 Å². The smallest absolute Gasteiger partial charge is 0.148 e. The third kappa shape index (κ3) is 4.89. The molecule has 0 bridgehead atoms. The molecular formula is C15H26FN3O. The van der Waals surface area contributed by atoms with Gasteiger partial charge in [0.25, 0.3) is 0 Å². The number of nitrogens with zero attached hydrogens (tertiary/aromatic N) is 1. The average molecular weight is 283 g/mol. The van der Waals surface area contributed by atoms with Crippen LogP contribution in [-0.4, -0.2) is 38.7 Å². The highest BCUT2D eigenvalue weighted by molar-refractivity contribution is 5.62. The van der Waals surface area contributed by atoms with Crippen LogP contribution in [0.1, 0.15) is 20.3 Å². The molecule has 5 heteroatoms. The summed E-state index contributed by atoms with van der Waals surface area (Å²) < 4.78 is 19.1. The van der Waals surface area contributed by atoms with Crippen LogP contribution < -0.4 is 15.8 Å². The van der Waals surface area contributed by atoms with E-state index in [0.717, 1.165) is 13.0 Å². The Morgan fingerprint density at radius 1 is 1.35 bits per heavy atom. The molecule has 0 aromatic heterocycles. The van der Waals surface area contributed by atoms with Crippen molar-refractivity contribution >= 4 is 11.4 Å². The van der Waals surface area contributed by atoms with Crippen LogP contribution in [0.25, 0.3) is 0 Å². The third-order valence-corrected chi connectivity index (χ3v) is 3.02. The molecule has 114 valence electrons. The summed E-state index contributed by atoms with van der Waals surface area (Å²) >= 11 is 0. The van der Waals surface area contributed by atoms with E-state index in [-0.39, 0.29) is 11.9 Å². The number of rotatable bonds is 7. The molecule has 0 saturated heterocycles. The third-order valence-electron chi connectivity index (χ3n) is 3.02. The van der Waals surface area contributed by atoms with Crippen molar-refractivity contribution in [1.82, 2.24) is 4.90 Å². The van der Waals surface area contributed by atoms with E-state index in [2.05, 4.69) is 24.1 Å². The molecule has 0 heterocycles. The number of hydrogen-bond donors (Lipinski definition) is 2. The van der Waals surface area contributed by atoms with E-state index in [9.17, 15) is 4.39 Å². The molecule has 0 saturated carbocycles. The molecule has 1 unspecified atom stereocenters. The fraction of sp³-hybridized carbons (Fsp3) is 0.600. The molecule has 1 atom stereocenters. The first-order valence-electron chi connectivity index (χ1n) is 6.87. The van der Waals surface area contributed by atoms with Crippen molar-refractivity contribution in [3.63, 3.8) is 0 Å². The van der Waals surface area contributed by atoms with Crippen LogP contribution >= 0.6 is 0 Å². The highest BCUT2D eigenvalue weighted by Crippen LogP contribution is 2.29. The van der Waals surface area contributed by atoms with Crippen molar-refractivity contribution in [2.24, 2.45) is 5.92 Å². The number of benzene rings is 1. The second-order valence-corrected chi connectivity index (χ2v) is 5.81. The van der Waals surface area contributed by atoms with Gasteiger partial charge >= 0.3 is 0 Å². The molecule has 0 fully saturated rings. The summed E-state index contributed by atoms with van der Waals surface area (Å²) in [6.45, 7) is 5.15. The zero-order valence-corrected chi connectivity index (χ0v) is 13.0. The van der Waals surface area contributed by atoms with Gasteiger partial charge in [-0.05, 0) is 26.4 Å². The Balaban J connectivity index is 2.91. The van der Waals surface area contributed by atoms with Crippen molar-refractivity contribution < 1.29 is 9.13 Å². The predicted octanol–water partition coefficient (Wildman–Crippen LogP) is 2.80. The van der Waals surface area contributed by atoms with Crippen LogP contribution in [0.15, 0.2) is 12.1 Å². The fourth-order valence-corrected chi connectivity index (χ4v) is 2.26. The number of methoxy groups -OCH3 is 1. The van der Waals surface area contributed by atoms with Crippen LogP contribution in [0.2, 0.25) is 0 Å². The SMILES string of the molecule is COc1cc(NC(CC(C)C)CN(C)C)c(F)cc1N. The normalized spacial score (nSPS) is 12.8. The summed E-state index contributed by atoms with van der Waals surface area (Å²) in [6.07, 6.45) is 0.963. The molecule has 0 radical (unpaired) electrons. The maximum Gasteiger partial charge on any atom is 0.148 e. The van der Waals surface area contributed by atoms with Gasteiger partial charge in [0, 0.05) is 24.7 Å². The lowest BCUT2D eigenvalue weighted by Crippen LogP contribution is -2.33. The minimum Gasteiger partial charge on any atom is -0.495 e. The fourth-order valence-electron chi connectivity index (χ4n) is 2.26. The zero-order valence-electron chi connectivity index (χ0n) is 13.0. The number of halogens is 1. The van der Waals surface area contributed by atoms with E-state index < -0.39 is 0 Å². The van der Waals surface area contributed by atoms with Gasteiger partial charge in [-0.25, -0.2) is 4.39 Å². The van der Waals surface area contributed by atoms with Gasteiger partial charge in [0.1, 0.15) is 11.6 Å². The lowest BCUT2D eigenvalue weighted by molar-refractivity contribution is 0.355. The second-order valence-electron chi connectivity index (χ2n) is 5.81. The maximum atomic E-state index is 14.0. The van der Waals surface area contributed by atoms with Crippen molar-refractivity contribution in [3.05, 3.63) is 17.9 Å². The molecule has 0 aliphatic heterocycles. The summed E-state index contributed by atoms with van der Waals surface area (Å²) in [5, 5.41) is 3.26. The van der Waals surface area contributed by atoms with Crippen molar-refractivity contribution in [1.29, 1.82) is 0 Å². The van der Waals surface area contributed by atoms with E-state index in [1.165, 1.54) is 13.2 Å². The van der Waals surface area contributed by atoms with Gasteiger partial charge in [-0.15, -0.1) is 0 Å². The zero-order chi connectivity index (χ0) is 15.3. The Kier molecular flexibility index (Phi) is 6.07. The number of nitrogens with one attached hydrogen (secondary N) is 1. The molecule has 0 aliphatic carbocycles. The molecule has 1 aromatic rings. The van der Waals surface area contributed by atoms with Crippen molar-refractivity contribution in [2.45, 2.75) is 26.3 Å². The molecule has 0 aliphatic rings. The number of nitrogen functional groups attached to an aromatic ring is 1. The van der Waals surface area contributed by atoms with Crippen LogP contribution in [0.4, 0.5) is 15.8 Å². The summed E-state index contributed by atoms with van der Waals surface area (Å²) in [4.78, 5) is 2.09. The van der Waals surface area contributed by atoms with Gasteiger partial charge in [0.2, 0.25) is 0 Å². The van der Waals surface area contributed by atoms with E-state index in [1.54, 1.807) is 6.07 Å². The van der Waals surface area contributed by atoms with Crippen LogP contribution in [0, 0.1) is 11.7 Å². The molecule has 3 N–H and O–H groups in total. The molecule has 1 aromatic carbocycles. The van der Waals surface area contributed by atoms with E-state index >= 15 is 0 Å². The van der Waals surface area contributed by atoms with Gasteiger partial charge in [-0.1, -0.05) is 13.8 Å². The number of nitrogens with two attached hydrogens (primary N) is 1. The first-order valence-corrected chi connectivity index (χ1v) is 6.87. The predicted molar refractivity (Wildman–Crippen MR) is 82.8 cm³/mol. The average Bonchev–Trinajstić information content (AvgIpc) is 2.30. The van der Waals surface area contributed by atoms with E-state index in [1.807, 2.05) is 14.1 Å². The standard InChI is InChI=1S/C15H26FN3O/c1-10(2)6-11(9-19(3)4)18-14-8-15(20-5)13(17)7-12(14)16/h7-8,10-11,18H,6,9,17H2,1-5H3. The summed E-state index contributed by atoms with van der Waals surface area (Å²) in [7, 11) is 5.54. The Morgan fingerprint density at radius 3 is 2.50 bits per heavy atom. The van der Waals surface area contributed by atoms with Gasteiger partial charge < -0.3 is 20.7 Å². The largest absolute Gasteiger partial charge is 0.495 e. The van der Waals surface area contributed by atoms with Gasteiger partial charge in [0.05, 0.1) is 18.5 Å². The minimum absolute atomic E-state index is 0.174. The Morgan fingerprint density at radius 2 is 2.00 bits per heavy atom.